The summed E-state index contributed by atoms with van der Waals surface area (Å²) in [4.78, 5) is 0. The highest BCUT2D eigenvalue weighted by atomic mass is 16.6. The van der Waals surface area contributed by atoms with Crippen LogP contribution in [-0.2, 0) is 0 Å². The van der Waals surface area contributed by atoms with E-state index < -0.39 is 0 Å². The van der Waals surface area contributed by atoms with E-state index in [1.807, 2.05) is 38.1 Å². The minimum Gasteiger partial charge on any atom is -0.493 e. The fourth-order valence-electron chi connectivity index (χ4n) is 2.76. The fourth-order valence-corrected chi connectivity index (χ4v) is 2.76. The highest BCUT2D eigenvalue weighted by Crippen LogP contribution is 2.45. The Morgan fingerprint density at radius 3 is 1.70 bits per heavy atom. The highest BCUT2D eigenvalue weighted by Gasteiger charge is 2.19. The van der Waals surface area contributed by atoms with Crippen LogP contribution in [0.3, 0.4) is 0 Å². The summed E-state index contributed by atoms with van der Waals surface area (Å²) >= 11 is 0. The Kier molecular flexibility index (Phi) is 7.00. The van der Waals surface area contributed by atoms with E-state index in [4.69, 9.17) is 18.9 Å². The van der Waals surface area contributed by atoms with Crippen molar-refractivity contribution in [2.75, 3.05) is 14.2 Å². The second-order valence-corrected chi connectivity index (χ2v) is 7.54. The van der Waals surface area contributed by atoms with E-state index in [2.05, 4.69) is 33.8 Å². The topological polar surface area (TPSA) is 36.9 Å². The third kappa shape index (κ3) is 5.09. The van der Waals surface area contributed by atoms with E-state index in [-0.39, 0.29) is 6.10 Å². The second-order valence-electron chi connectivity index (χ2n) is 7.54. The van der Waals surface area contributed by atoms with Gasteiger partial charge in [0.05, 0.1) is 20.3 Å². The van der Waals surface area contributed by atoms with Crippen molar-refractivity contribution in [3.63, 3.8) is 0 Å². The van der Waals surface area contributed by atoms with E-state index in [0.717, 1.165) is 5.56 Å². The molecule has 0 spiro atoms. The average Bonchev–Trinajstić information content (AvgIpc) is 2.62. The van der Waals surface area contributed by atoms with E-state index in [1.54, 1.807) is 14.2 Å². The number of hydrogen-bond donors (Lipinski definition) is 0. The zero-order valence-electron chi connectivity index (χ0n) is 17.8. The number of benzene rings is 2. The van der Waals surface area contributed by atoms with Gasteiger partial charge in [0.25, 0.3) is 0 Å². The summed E-state index contributed by atoms with van der Waals surface area (Å²) in [5, 5.41) is 0. The first-order valence-electron chi connectivity index (χ1n) is 9.51. The Labute approximate surface area is 163 Å². The van der Waals surface area contributed by atoms with Crippen LogP contribution in [0.1, 0.15) is 64.5 Å². The van der Waals surface area contributed by atoms with Gasteiger partial charge in [-0.3, -0.25) is 0 Å². The van der Waals surface area contributed by atoms with Crippen molar-refractivity contribution in [1.29, 1.82) is 0 Å². The standard InChI is InChI=1S/C23H32O4/c1-14(2)17-9-10-19(20(11-17)24-7)27-22-13-18(15(3)4)12-21(25-8)23(22)26-16(5)6/h9-16H,1-8H3. The van der Waals surface area contributed by atoms with Gasteiger partial charge >= 0.3 is 0 Å². The molecule has 0 unspecified atom stereocenters. The summed E-state index contributed by atoms with van der Waals surface area (Å²) in [7, 11) is 3.30. The molecule has 0 atom stereocenters. The van der Waals surface area contributed by atoms with E-state index in [0.29, 0.717) is 40.6 Å². The van der Waals surface area contributed by atoms with Crippen LogP contribution in [0, 0.1) is 0 Å². The molecule has 0 aliphatic heterocycles. The summed E-state index contributed by atoms with van der Waals surface area (Å²) in [5.41, 5.74) is 2.32. The molecule has 27 heavy (non-hydrogen) atoms. The molecular formula is C23H32O4. The summed E-state index contributed by atoms with van der Waals surface area (Å²) < 4.78 is 23.4. The van der Waals surface area contributed by atoms with Crippen molar-refractivity contribution >= 4 is 0 Å². The molecule has 4 heteroatoms. The molecule has 0 heterocycles. The zero-order valence-corrected chi connectivity index (χ0v) is 17.8. The van der Waals surface area contributed by atoms with Crippen LogP contribution in [0.15, 0.2) is 30.3 Å². The predicted octanol–water partition coefficient (Wildman–Crippen LogP) is 6.53. The van der Waals surface area contributed by atoms with Crippen molar-refractivity contribution in [2.24, 2.45) is 0 Å². The van der Waals surface area contributed by atoms with Gasteiger partial charge in [-0.2, -0.15) is 0 Å². The van der Waals surface area contributed by atoms with Crippen LogP contribution in [-0.4, -0.2) is 20.3 Å². The molecule has 4 nitrogen and oxygen atoms in total. The van der Waals surface area contributed by atoms with Crippen molar-refractivity contribution < 1.29 is 18.9 Å². The predicted molar refractivity (Wildman–Crippen MR) is 110 cm³/mol. The molecular weight excluding hydrogens is 340 g/mol. The third-order valence-electron chi connectivity index (χ3n) is 4.36. The van der Waals surface area contributed by atoms with Gasteiger partial charge in [-0.05, 0) is 61.1 Å². The summed E-state index contributed by atoms with van der Waals surface area (Å²) in [6.45, 7) is 12.6. The lowest BCUT2D eigenvalue weighted by Crippen LogP contribution is -2.08. The molecule has 0 saturated heterocycles. The quantitative estimate of drug-likeness (QED) is 0.528. The molecule has 2 rings (SSSR count). The Bertz CT molecular complexity index is 763. The van der Waals surface area contributed by atoms with Gasteiger partial charge in [0.1, 0.15) is 0 Å². The molecule has 0 bridgehead atoms. The lowest BCUT2D eigenvalue weighted by Gasteiger charge is -2.21. The van der Waals surface area contributed by atoms with Gasteiger partial charge in [0.2, 0.25) is 5.75 Å². The molecule has 0 saturated carbocycles. The minimum absolute atomic E-state index is 0.00337. The average molecular weight is 373 g/mol. The first kappa shape index (κ1) is 20.9. The van der Waals surface area contributed by atoms with Crippen LogP contribution < -0.4 is 18.9 Å². The molecule has 148 valence electrons. The summed E-state index contributed by atoms with van der Waals surface area (Å²) in [5.74, 6) is 4.00. The molecule has 0 aliphatic carbocycles. The SMILES string of the molecule is COc1cc(C(C)C)ccc1Oc1cc(C(C)C)cc(OC)c1OC(C)C. The minimum atomic E-state index is -0.00337. The van der Waals surface area contributed by atoms with Crippen LogP contribution in [0.25, 0.3) is 0 Å². The van der Waals surface area contributed by atoms with Crippen LogP contribution in [0.5, 0.6) is 28.7 Å². The smallest absolute Gasteiger partial charge is 0.204 e. The normalized spacial score (nSPS) is 11.2. The number of rotatable bonds is 8. The third-order valence-corrected chi connectivity index (χ3v) is 4.36. The molecule has 2 aromatic rings. The second kappa shape index (κ2) is 9.03. The Morgan fingerprint density at radius 1 is 0.630 bits per heavy atom. The van der Waals surface area contributed by atoms with Crippen molar-refractivity contribution in [3.05, 3.63) is 41.5 Å². The first-order valence-corrected chi connectivity index (χ1v) is 9.51. The molecule has 0 fully saturated rings. The fraction of sp³-hybridized carbons (Fsp3) is 0.478. The van der Waals surface area contributed by atoms with E-state index >= 15 is 0 Å². The van der Waals surface area contributed by atoms with Crippen LogP contribution in [0.4, 0.5) is 0 Å². The summed E-state index contributed by atoms with van der Waals surface area (Å²) in [6, 6.07) is 10.1. The van der Waals surface area contributed by atoms with E-state index in [9.17, 15) is 0 Å². The van der Waals surface area contributed by atoms with Gasteiger partial charge in [0.15, 0.2) is 23.0 Å². The van der Waals surface area contributed by atoms with Crippen LogP contribution >= 0.6 is 0 Å². The van der Waals surface area contributed by atoms with Gasteiger partial charge in [-0.25, -0.2) is 0 Å². The largest absolute Gasteiger partial charge is 0.493 e. The lowest BCUT2D eigenvalue weighted by molar-refractivity contribution is 0.220. The summed E-state index contributed by atoms with van der Waals surface area (Å²) in [6.07, 6.45) is -0.00337. The van der Waals surface area contributed by atoms with Crippen molar-refractivity contribution in [2.45, 2.75) is 59.5 Å². The zero-order chi connectivity index (χ0) is 20.1. The maximum Gasteiger partial charge on any atom is 0.204 e. The Balaban J connectivity index is 2.54. The molecule has 0 N–H and O–H groups in total. The van der Waals surface area contributed by atoms with Gasteiger partial charge < -0.3 is 18.9 Å². The number of ether oxygens (including phenoxy) is 4. The first-order chi connectivity index (χ1) is 12.8. The van der Waals surface area contributed by atoms with E-state index in [1.165, 1.54) is 5.56 Å². The Hall–Kier alpha value is -2.36. The van der Waals surface area contributed by atoms with Gasteiger partial charge in [-0.15, -0.1) is 0 Å². The monoisotopic (exact) mass is 372 g/mol. The Morgan fingerprint density at radius 2 is 1.19 bits per heavy atom. The molecule has 0 aliphatic rings. The highest BCUT2D eigenvalue weighted by molar-refractivity contribution is 5.57. The molecule has 0 radical (unpaired) electrons. The molecule has 0 amide bonds. The van der Waals surface area contributed by atoms with Gasteiger partial charge in [0, 0.05) is 0 Å². The lowest BCUT2D eigenvalue weighted by atomic mass is 10.0. The molecule has 2 aromatic carbocycles. The van der Waals surface area contributed by atoms with Gasteiger partial charge in [-0.1, -0.05) is 33.8 Å². The maximum absolute atomic E-state index is 6.27. The molecule has 0 aromatic heterocycles. The maximum atomic E-state index is 6.27. The number of hydrogen-bond acceptors (Lipinski definition) is 4. The van der Waals surface area contributed by atoms with Crippen molar-refractivity contribution in [1.82, 2.24) is 0 Å². The van der Waals surface area contributed by atoms with Crippen LogP contribution in [0.2, 0.25) is 0 Å². The van der Waals surface area contributed by atoms with Crippen molar-refractivity contribution in [3.8, 4) is 28.7 Å². The number of methoxy groups -OCH3 is 2.